The Bertz CT molecular complexity index is 678. The van der Waals surface area contributed by atoms with Gasteiger partial charge in [0.2, 0.25) is 5.91 Å². The van der Waals surface area contributed by atoms with Gasteiger partial charge in [0.25, 0.3) is 5.91 Å². The molecular formula is C24H45N5O3. The van der Waals surface area contributed by atoms with Crippen molar-refractivity contribution in [3.8, 4) is 12.3 Å². The summed E-state index contributed by atoms with van der Waals surface area (Å²) < 4.78 is 5.83. The zero-order valence-corrected chi connectivity index (χ0v) is 19.5. The standard InChI is InChI=1S/C24H41N5O3.2H2/c1-3-7-19(32-14-4-2)15-20(22(30)28-25)27-23(31)21(18-8-5-6-9-18)29-13-11-24(17-29)10-12-26-16-24;;/h1,18-21,26H,4-17,25H2,2H3,(H,27,31)(H,28,30);2*1H/t19-,20+,21+,24+;;/m1../s1. The van der Waals surface area contributed by atoms with Gasteiger partial charge in [-0.2, -0.15) is 0 Å². The lowest BCUT2D eigenvalue weighted by atomic mass is 9.86. The molecule has 5 N–H and O–H groups in total. The molecule has 3 rings (SSSR count). The Labute approximate surface area is 195 Å². The van der Waals surface area contributed by atoms with Gasteiger partial charge < -0.3 is 15.4 Å². The highest BCUT2D eigenvalue weighted by Crippen LogP contribution is 2.40. The Hall–Kier alpha value is -1.66. The molecule has 1 saturated carbocycles. The van der Waals surface area contributed by atoms with Crippen molar-refractivity contribution in [2.75, 3.05) is 32.8 Å². The minimum absolute atomic E-state index is 0. The maximum absolute atomic E-state index is 13.6. The first kappa shape index (κ1) is 25.0. The van der Waals surface area contributed by atoms with Gasteiger partial charge in [0.05, 0.1) is 12.1 Å². The van der Waals surface area contributed by atoms with Crippen molar-refractivity contribution in [2.45, 2.75) is 82.9 Å². The topological polar surface area (TPSA) is 109 Å². The van der Waals surface area contributed by atoms with E-state index in [4.69, 9.17) is 17.0 Å². The molecule has 4 atom stereocenters. The summed E-state index contributed by atoms with van der Waals surface area (Å²) in [4.78, 5) is 28.6. The average Bonchev–Trinajstić information content (AvgIpc) is 3.55. The van der Waals surface area contributed by atoms with Gasteiger partial charge in [-0.1, -0.05) is 19.8 Å². The summed E-state index contributed by atoms with van der Waals surface area (Å²) in [5.74, 6) is 7.92. The van der Waals surface area contributed by atoms with Gasteiger partial charge in [-0.05, 0) is 56.5 Å². The largest absolute Gasteiger partial charge is 0.377 e. The maximum atomic E-state index is 13.6. The molecule has 0 bridgehead atoms. The monoisotopic (exact) mass is 451 g/mol. The zero-order chi connectivity index (χ0) is 23.0. The Morgan fingerprint density at radius 1 is 1.34 bits per heavy atom. The predicted octanol–water partition coefficient (Wildman–Crippen LogP) is 1.41. The molecular weight excluding hydrogens is 406 g/mol. The highest BCUT2D eigenvalue weighted by Gasteiger charge is 2.46. The number of nitrogens with one attached hydrogen (secondary N) is 3. The molecule has 0 radical (unpaired) electrons. The summed E-state index contributed by atoms with van der Waals surface area (Å²) in [5, 5.41) is 6.52. The molecule has 1 aliphatic carbocycles. The van der Waals surface area contributed by atoms with Crippen LogP contribution in [0.1, 0.15) is 67.6 Å². The molecule has 3 aliphatic rings. The van der Waals surface area contributed by atoms with Crippen LogP contribution in [-0.4, -0.2) is 67.7 Å². The van der Waals surface area contributed by atoms with Gasteiger partial charge in [0, 0.05) is 35.4 Å². The summed E-state index contributed by atoms with van der Waals surface area (Å²) in [5.41, 5.74) is 2.50. The molecule has 8 heteroatoms. The van der Waals surface area contributed by atoms with Crippen LogP contribution in [0.25, 0.3) is 0 Å². The van der Waals surface area contributed by atoms with Crippen molar-refractivity contribution < 1.29 is 17.2 Å². The molecule has 0 aromatic carbocycles. The van der Waals surface area contributed by atoms with E-state index in [9.17, 15) is 9.59 Å². The van der Waals surface area contributed by atoms with Crippen LogP contribution < -0.4 is 21.9 Å². The smallest absolute Gasteiger partial charge is 0.256 e. The van der Waals surface area contributed by atoms with Gasteiger partial charge in [0.15, 0.2) is 0 Å². The van der Waals surface area contributed by atoms with Gasteiger partial charge in [0.1, 0.15) is 6.04 Å². The molecule has 2 heterocycles. The van der Waals surface area contributed by atoms with E-state index in [-0.39, 0.29) is 26.3 Å². The lowest BCUT2D eigenvalue weighted by molar-refractivity contribution is -0.134. The van der Waals surface area contributed by atoms with Crippen LogP contribution in [0.5, 0.6) is 0 Å². The summed E-state index contributed by atoms with van der Waals surface area (Å²) in [7, 11) is 0. The molecule has 32 heavy (non-hydrogen) atoms. The number of carbonyl (C=O) groups is 2. The quantitative estimate of drug-likeness (QED) is 0.164. The van der Waals surface area contributed by atoms with Crippen molar-refractivity contribution in [1.82, 2.24) is 21.0 Å². The van der Waals surface area contributed by atoms with Crippen molar-refractivity contribution in [3.05, 3.63) is 0 Å². The fourth-order valence-corrected chi connectivity index (χ4v) is 5.78. The van der Waals surface area contributed by atoms with Crippen LogP contribution in [-0.2, 0) is 14.3 Å². The summed E-state index contributed by atoms with van der Waals surface area (Å²) >= 11 is 0. The molecule has 0 unspecified atom stereocenters. The van der Waals surface area contributed by atoms with Gasteiger partial charge in [-0.25, -0.2) is 5.84 Å². The lowest BCUT2D eigenvalue weighted by Crippen LogP contribution is -2.57. The number of nitrogens with zero attached hydrogens (tertiary/aromatic N) is 1. The number of carbonyl (C=O) groups excluding carboxylic acids is 2. The number of rotatable bonds is 11. The van der Waals surface area contributed by atoms with E-state index in [0.717, 1.165) is 64.7 Å². The summed E-state index contributed by atoms with van der Waals surface area (Å²) in [6, 6.07) is -0.968. The van der Waals surface area contributed by atoms with E-state index in [1.165, 1.54) is 6.42 Å². The van der Waals surface area contributed by atoms with Crippen LogP contribution in [0.4, 0.5) is 0 Å². The molecule has 2 amide bonds. The van der Waals surface area contributed by atoms with Gasteiger partial charge >= 0.3 is 0 Å². The first-order valence-electron chi connectivity index (χ1n) is 12.3. The van der Waals surface area contributed by atoms with E-state index in [1.54, 1.807) is 0 Å². The maximum Gasteiger partial charge on any atom is 0.256 e. The number of hydrogen-bond donors (Lipinski definition) is 4. The van der Waals surface area contributed by atoms with Crippen molar-refractivity contribution in [3.63, 3.8) is 0 Å². The molecule has 2 saturated heterocycles. The number of hydrazine groups is 1. The highest BCUT2D eigenvalue weighted by molar-refractivity contribution is 5.89. The first-order valence-corrected chi connectivity index (χ1v) is 12.3. The molecule has 2 aliphatic heterocycles. The number of terminal acetylenes is 1. The second-order valence-electron chi connectivity index (χ2n) is 9.84. The molecule has 0 aromatic heterocycles. The Morgan fingerprint density at radius 3 is 2.75 bits per heavy atom. The van der Waals surface area contributed by atoms with Crippen LogP contribution in [0, 0.1) is 23.7 Å². The van der Waals surface area contributed by atoms with Crippen molar-refractivity contribution in [1.29, 1.82) is 0 Å². The summed E-state index contributed by atoms with van der Waals surface area (Å²) in [6.07, 6.45) is 13.5. The number of hydrogen-bond acceptors (Lipinski definition) is 6. The summed E-state index contributed by atoms with van der Waals surface area (Å²) in [6.45, 7) is 6.55. The van der Waals surface area contributed by atoms with Crippen molar-refractivity contribution in [2.24, 2.45) is 17.2 Å². The van der Waals surface area contributed by atoms with Gasteiger partial charge in [-0.15, -0.1) is 12.3 Å². The molecule has 8 nitrogen and oxygen atoms in total. The fourth-order valence-electron chi connectivity index (χ4n) is 5.78. The lowest BCUT2D eigenvalue weighted by Gasteiger charge is -2.34. The SMILES string of the molecule is C#CC[C@H](C[C@H](NC(=O)[C@H](C1CCCC1)N1CC[C@]2(CCNC2)C1)C(=O)NN)OCCC.[HH].[HH]. The molecule has 184 valence electrons. The number of nitrogens with two attached hydrogens (primary N) is 1. The molecule has 3 fully saturated rings. The second-order valence-corrected chi connectivity index (χ2v) is 9.84. The highest BCUT2D eigenvalue weighted by atomic mass is 16.5. The van der Waals surface area contributed by atoms with E-state index in [2.05, 4.69) is 26.9 Å². The van der Waals surface area contributed by atoms with E-state index in [1.807, 2.05) is 6.92 Å². The average molecular weight is 452 g/mol. The third kappa shape index (κ3) is 6.22. The Kier molecular flexibility index (Phi) is 9.35. The van der Waals surface area contributed by atoms with Crippen LogP contribution >= 0.6 is 0 Å². The van der Waals surface area contributed by atoms with Crippen LogP contribution in [0.15, 0.2) is 0 Å². The Morgan fingerprint density at radius 2 is 2.12 bits per heavy atom. The second kappa shape index (κ2) is 12.0. The molecule has 0 aromatic rings. The Balaban J connectivity index is 0.00000289. The molecule has 1 spiro atoms. The zero-order valence-electron chi connectivity index (χ0n) is 19.5. The number of ether oxygens (including phenoxy) is 1. The first-order chi connectivity index (χ1) is 15.5. The number of amides is 2. The minimum atomic E-state index is -0.767. The van der Waals surface area contributed by atoms with Crippen LogP contribution in [0.2, 0.25) is 0 Å². The predicted molar refractivity (Wildman–Crippen MR) is 128 cm³/mol. The minimum Gasteiger partial charge on any atom is -0.377 e. The van der Waals surface area contributed by atoms with Gasteiger partial charge in [-0.3, -0.25) is 19.9 Å². The third-order valence-corrected chi connectivity index (χ3v) is 7.49. The van der Waals surface area contributed by atoms with E-state index < -0.39 is 11.9 Å². The van der Waals surface area contributed by atoms with Crippen LogP contribution in [0.3, 0.4) is 0 Å². The fraction of sp³-hybridized carbons (Fsp3) is 0.833. The van der Waals surface area contributed by atoms with Crippen molar-refractivity contribution >= 4 is 11.8 Å². The van der Waals surface area contributed by atoms with E-state index in [0.29, 0.717) is 25.4 Å². The third-order valence-electron chi connectivity index (χ3n) is 7.49. The van der Waals surface area contributed by atoms with E-state index >= 15 is 0 Å². The normalized spacial score (nSPS) is 26.7. The number of likely N-dealkylation sites (tertiary alicyclic amines) is 1.